The number of carbonyl (C=O) groups is 3. The molecule has 1 atom stereocenters. The lowest BCUT2D eigenvalue weighted by Gasteiger charge is -2.41. The second-order valence-electron chi connectivity index (χ2n) is 10.2. The van der Waals surface area contributed by atoms with Crippen LogP contribution in [0.15, 0.2) is 60.7 Å². The third kappa shape index (κ3) is 6.22. The van der Waals surface area contributed by atoms with Gasteiger partial charge in [-0.1, -0.05) is 37.3 Å². The van der Waals surface area contributed by atoms with Gasteiger partial charge in [0, 0.05) is 24.2 Å². The molecule has 0 spiro atoms. The topological polar surface area (TPSA) is 105 Å². The van der Waals surface area contributed by atoms with Crippen LogP contribution in [0.3, 0.4) is 0 Å². The van der Waals surface area contributed by atoms with Crippen LogP contribution in [0, 0.1) is 13.8 Å². The van der Waals surface area contributed by atoms with Crippen molar-refractivity contribution in [3.05, 3.63) is 82.9 Å². The van der Waals surface area contributed by atoms with Crippen molar-refractivity contribution in [3.63, 3.8) is 0 Å². The second-order valence-corrected chi connectivity index (χ2v) is 10.2. The summed E-state index contributed by atoms with van der Waals surface area (Å²) in [7, 11) is 0. The van der Waals surface area contributed by atoms with E-state index in [1.165, 1.54) is 11.6 Å². The van der Waals surface area contributed by atoms with Crippen LogP contribution in [0.25, 0.3) is 0 Å². The van der Waals surface area contributed by atoms with Crippen molar-refractivity contribution < 1.29 is 29.0 Å². The molecule has 1 saturated heterocycles. The number of likely N-dealkylation sites (tertiary alicyclic amines) is 1. The van der Waals surface area contributed by atoms with Gasteiger partial charge in [0.05, 0.1) is 12.2 Å². The lowest BCUT2D eigenvalue weighted by Crippen LogP contribution is -2.47. The van der Waals surface area contributed by atoms with Gasteiger partial charge in [-0.05, 0) is 80.6 Å². The molecule has 39 heavy (non-hydrogen) atoms. The molecule has 2 amide bonds. The maximum absolute atomic E-state index is 13.6. The number of rotatable bonds is 6. The van der Waals surface area contributed by atoms with E-state index < -0.39 is 11.9 Å². The Morgan fingerprint density at radius 3 is 2.38 bits per heavy atom. The maximum Gasteiger partial charge on any atom is 0.397 e. The summed E-state index contributed by atoms with van der Waals surface area (Å²) in [6, 6.07) is 18.2. The summed E-state index contributed by atoms with van der Waals surface area (Å²) in [6.07, 6.45) is 1.84. The standard InChI is InChI=1S/C31H34N2O6/c1-5-38-30(37)28(35)32-23-16-20(2)27(21(3)17-23)39-24-12-13-26(34)25(18-24)29(36)33-15-9-14-31(4,19-33)22-10-7-6-8-11-22/h6-8,10-13,16-18,34H,5,9,14-15,19H2,1-4H3,(H,32,35). The minimum atomic E-state index is -0.952. The Bertz CT molecular complexity index is 1360. The van der Waals surface area contributed by atoms with Gasteiger partial charge < -0.3 is 24.8 Å². The molecule has 8 heteroatoms. The number of esters is 1. The molecule has 1 aliphatic heterocycles. The van der Waals surface area contributed by atoms with Gasteiger partial charge in [-0.2, -0.15) is 0 Å². The van der Waals surface area contributed by atoms with E-state index in [-0.39, 0.29) is 29.2 Å². The third-order valence-electron chi connectivity index (χ3n) is 7.05. The number of hydrogen-bond donors (Lipinski definition) is 2. The lowest BCUT2D eigenvalue weighted by molar-refractivity contribution is -0.152. The van der Waals surface area contributed by atoms with Crippen LogP contribution in [0.5, 0.6) is 17.2 Å². The normalized spacial score (nSPS) is 16.9. The Morgan fingerprint density at radius 1 is 1.03 bits per heavy atom. The number of amides is 2. The lowest BCUT2D eigenvalue weighted by atomic mass is 9.76. The molecule has 4 rings (SSSR count). The quantitative estimate of drug-likeness (QED) is 0.322. The molecule has 2 N–H and O–H groups in total. The Kier molecular flexibility index (Phi) is 8.24. The SMILES string of the molecule is CCOC(=O)C(=O)Nc1cc(C)c(Oc2ccc(O)c(C(=O)N3CCCC(C)(c4ccccc4)C3)c2)c(C)c1. The summed E-state index contributed by atoms with van der Waals surface area (Å²) in [6.45, 7) is 8.70. The van der Waals surface area contributed by atoms with Crippen LogP contribution in [0.2, 0.25) is 0 Å². The third-order valence-corrected chi connectivity index (χ3v) is 7.05. The highest BCUT2D eigenvalue weighted by Crippen LogP contribution is 2.37. The zero-order valence-corrected chi connectivity index (χ0v) is 22.7. The van der Waals surface area contributed by atoms with Crippen LogP contribution >= 0.6 is 0 Å². The highest BCUT2D eigenvalue weighted by atomic mass is 16.5. The number of nitrogens with one attached hydrogen (secondary N) is 1. The highest BCUT2D eigenvalue weighted by molar-refractivity contribution is 6.37. The monoisotopic (exact) mass is 530 g/mol. The fraction of sp³-hybridized carbons (Fsp3) is 0.323. The molecule has 0 saturated carbocycles. The van der Waals surface area contributed by atoms with Crippen LogP contribution < -0.4 is 10.1 Å². The first-order chi connectivity index (χ1) is 18.6. The predicted octanol–water partition coefficient (Wildman–Crippen LogP) is 5.50. The molecule has 3 aromatic rings. The minimum absolute atomic E-state index is 0.107. The largest absolute Gasteiger partial charge is 0.507 e. The van der Waals surface area contributed by atoms with E-state index in [0.29, 0.717) is 41.4 Å². The van der Waals surface area contributed by atoms with E-state index in [1.807, 2.05) is 32.0 Å². The number of phenolic OH excluding ortho intramolecular Hbond substituents is 1. The summed E-state index contributed by atoms with van der Waals surface area (Å²) >= 11 is 0. The number of anilines is 1. The van der Waals surface area contributed by atoms with Crippen molar-refractivity contribution in [2.75, 3.05) is 25.0 Å². The Labute approximate surface area is 228 Å². The van der Waals surface area contributed by atoms with Gasteiger partial charge in [-0.15, -0.1) is 0 Å². The number of carbonyl (C=O) groups excluding carboxylic acids is 3. The number of aryl methyl sites for hydroxylation is 2. The number of phenols is 1. The first kappa shape index (κ1) is 27.7. The molecule has 0 radical (unpaired) electrons. The van der Waals surface area contributed by atoms with Gasteiger partial charge in [0.2, 0.25) is 0 Å². The number of benzene rings is 3. The van der Waals surface area contributed by atoms with Gasteiger partial charge in [-0.3, -0.25) is 9.59 Å². The molecular formula is C31H34N2O6. The van der Waals surface area contributed by atoms with Gasteiger partial charge in [0.1, 0.15) is 17.2 Å². The average molecular weight is 531 g/mol. The summed E-state index contributed by atoms with van der Waals surface area (Å²) < 4.78 is 10.9. The first-order valence-electron chi connectivity index (χ1n) is 13.1. The smallest absolute Gasteiger partial charge is 0.397 e. The van der Waals surface area contributed by atoms with E-state index in [1.54, 1.807) is 36.1 Å². The molecular weight excluding hydrogens is 496 g/mol. The van der Waals surface area contributed by atoms with E-state index in [2.05, 4.69) is 24.4 Å². The molecule has 1 unspecified atom stereocenters. The minimum Gasteiger partial charge on any atom is -0.507 e. The van der Waals surface area contributed by atoms with Crippen molar-refractivity contribution in [2.45, 2.75) is 46.0 Å². The number of piperidine rings is 1. The molecule has 204 valence electrons. The Morgan fingerprint density at radius 2 is 1.72 bits per heavy atom. The Balaban J connectivity index is 1.52. The fourth-order valence-corrected chi connectivity index (χ4v) is 5.09. The average Bonchev–Trinajstić information content (AvgIpc) is 2.92. The number of nitrogens with zero attached hydrogens (tertiary/aromatic N) is 1. The summed E-state index contributed by atoms with van der Waals surface area (Å²) in [5, 5.41) is 13.1. The molecule has 1 heterocycles. The molecule has 0 bridgehead atoms. The van der Waals surface area contributed by atoms with E-state index in [9.17, 15) is 19.5 Å². The van der Waals surface area contributed by atoms with Crippen LogP contribution in [0.1, 0.15) is 53.7 Å². The molecule has 0 aliphatic carbocycles. The van der Waals surface area contributed by atoms with Gasteiger partial charge in [-0.25, -0.2) is 4.79 Å². The van der Waals surface area contributed by atoms with Crippen molar-refractivity contribution in [2.24, 2.45) is 0 Å². The zero-order chi connectivity index (χ0) is 28.2. The van der Waals surface area contributed by atoms with Gasteiger partial charge in [0.15, 0.2) is 0 Å². The van der Waals surface area contributed by atoms with E-state index >= 15 is 0 Å². The molecule has 1 fully saturated rings. The van der Waals surface area contributed by atoms with Crippen LogP contribution in [-0.4, -0.2) is 47.5 Å². The van der Waals surface area contributed by atoms with E-state index in [0.717, 1.165) is 12.8 Å². The molecule has 3 aromatic carbocycles. The van der Waals surface area contributed by atoms with Crippen LogP contribution in [-0.2, 0) is 19.7 Å². The molecule has 8 nitrogen and oxygen atoms in total. The van der Waals surface area contributed by atoms with Crippen molar-refractivity contribution in [3.8, 4) is 17.2 Å². The van der Waals surface area contributed by atoms with Gasteiger partial charge >= 0.3 is 11.9 Å². The summed E-state index contributed by atoms with van der Waals surface area (Å²) in [5.41, 5.74) is 3.06. The van der Waals surface area contributed by atoms with Crippen molar-refractivity contribution in [1.82, 2.24) is 4.90 Å². The fourth-order valence-electron chi connectivity index (χ4n) is 5.09. The van der Waals surface area contributed by atoms with Crippen LogP contribution in [0.4, 0.5) is 5.69 Å². The van der Waals surface area contributed by atoms with Gasteiger partial charge in [0.25, 0.3) is 5.91 Å². The first-order valence-corrected chi connectivity index (χ1v) is 13.1. The number of ether oxygens (including phenoxy) is 2. The Hall–Kier alpha value is -4.33. The highest BCUT2D eigenvalue weighted by Gasteiger charge is 2.35. The second kappa shape index (κ2) is 11.6. The van der Waals surface area contributed by atoms with Crippen molar-refractivity contribution >= 4 is 23.5 Å². The maximum atomic E-state index is 13.6. The van der Waals surface area contributed by atoms with Crippen molar-refractivity contribution in [1.29, 1.82) is 0 Å². The molecule has 1 aliphatic rings. The summed E-state index contributed by atoms with van der Waals surface area (Å²) in [5.74, 6) is -1.22. The zero-order valence-electron chi connectivity index (χ0n) is 22.7. The predicted molar refractivity (Wildman–Crippen MR) is 148 cm³/mol. The number of hydrogen-bond acceptors (Lipinski definition) is 6. The molecule has 0 aromatic heterocycles. The summed E-state index contributed by atoms with van der Waals surface area (Å²) in [4.78, 5) is 39.0. The number of aromatic hydroxyl groups is 1. The van der Waals surface area contributed by atoms with E-state index in [4.69, 9.17) is 9.47 Å².